The molecule has 0 aliphatic carbocycles. The van der Waals surface area contributed by atoms with Gasteiger partial charge in [0, 0.05) is 18.0 Å². The monoisotopic (exact) mass is 211 g/mol. The lowest BCUT2D eigenvalue weighted by Gasteiger charge is -2.24. The van der Waals surface area contributed by atoms with Crippen molar-refractivity contribution in [3.05, 3.63) is 29.1 Å². The Kier molecular flexibility index (Phi) is 2.32. The van der Waals surface area contributed by atoms with Gasteiger partial charge in [-0.2, -0.15) is 0 Å². The maximum absolute atomic E-state index is 13.3. The number of benzene rings is 1. The van der Waals surface area contributed by atoms with Gasteiger partial charge in [-0.25, -0.2) is 9.18 Å². The van der Waals surface area contributed by atoms with Gasteiger partial charge in [-0.15, -0.1) is 0 Å². The molecule has 4 nitrogen and oxygen atoms in total. The Morgan fingerprint density at radius 1 is 1.60 bits per heavy atom. The Morgan fingerprint density at radius 3 is 3.00 bits per heavy atom. The summed E-state index contributed by atoms with van der Waals surface area (Å²) in [6, 6.07) is 1.82. The van der Waals surface area contributed by atoms with Gasteiger partial charge in [-0.05, 0) is 12.1 Å². The van der Waals surface area contributed by atoms with Crippen LogP contribution in [-0.4, -0.2) is 17.7 Å². The second kappa shape index (κ2) is 3.51. The van der Waals surface area contributed by atoms with Crippen LogP contribution in [0, 0.1) is 5.82 Å². The molecule has 1 aliphatic rings. The number of ether oxygens (including phenoxy) is 1. The van der Waals surface area contributed by atoms with E-state index in [-0.39, 0.29) is 16.9 Å². The van der Waals surface area contributed by atoms with Crippen LogP contribution in [0.2, 0.25) is 0 Å². The average molecular weight is 211 g/mol. The highest BCUT2D eigenvalue weighted by molar-refractivity contribution is 5.90. The number of rotatable bonds is 1. The quantitative estimate of drug-likeness (QED) is 0.734. The minimum atomic E-state index is -1.12. The van der Waals surface area contributed by atoms with Crippen LogP contribution >= 0.6 is 0 Å². The zero-order chi connectivity index (χ0) is 11.0. The van der Waals surface area contributed by atoms with Gasteiger partial charge in [-0.3, -0.25) is 0 Å². The van der Waals surface area contributed by atoms with Gasteiger partial charge >= 0.3 is 5.97 Å². The molecule has 0 saturated carbocycles. The predicted octanol–water partition coefficient (Wildman–Crippen LogP) is 1.31. The van der Waals surface area contributed by atoms with Gasteiger partial charge in [0.05, 0.1) is 12.2 Å². The molecule has 0 bridgehead atoms. The van der Waals surface area contributed by atoms with Crippen molar-refractivity contribution in [2.45, 2.75) is 12.5 Å². The van der Waals surface area contributed by atoms with E-state index in [4.69, 9.17) is 15.6 Å². The van der Waals surface area contributed by atoms with Crippen LogP contribution < -0.4 is 10.5 Å². The normalized spacial score (nSPS) is 19.2. The molecule has 15 heavy (non-hydrogen) atoms. The van der Waals surface area contributed by atoms with Gasteiger partial charge in [0.2, 0.25) is 0 Å². The number of hydrogen-bond acceptors (Lipinski definition) is 3. The molecule has 0 amide bonds. The van der Waals surface area contributed by atoms with Crippen LogP contribution in [0.3, 0.4) is 0 Å². The number of hydrogen-bond donors (Lipinski definition) is 2. The maximum Gasteiger partial charge on any atom is 0.336 e. The molecule has 1 heterocycles. The molecule has 0 spiro atoms. The summed E-state index contributed by atoms with van der Waals surface area (Å²) < 4.78 is 18.4. The molecular weight excluding hydrogens is 201 g/mol. The van der Waals surface area contributed by atoms with Crippen LogP contribution in [0.15, 0.2) is 12.1 Å². The molecule has 3 N–H and O–H groups in total. The lowest BCUT2D eigenvalue weighted by atomic mass is 9.95. The van der Waals surface area contributed by atoms with Gasteiger partial charge in [0.15, 0.2) is 11.6 Å². The first-order chi connectivity index (χ1) is 7.11. The SMILES string of the molecule is N[C@H]1CCOc2c(F)ccc(C(=O)O)c21. The van der Waals surface area contributed by atoms with Crippen molar-refractivity contribution >= 4 is 5.97 Å². The third kappa shape index (κ3) is 1.55. The summed E-state index contributed by atoms with van der Waals surface area (Å²) in [5, 5.41) is 8.92. The zero-order valence-corrected chi connectivity index (χ0v) is 7.87. The lowest BCUT2D eigenvalue weighted by molar-refractivity contribution is 0.0693. The predicted molar refractivity (Wildman–Crippen MR) is 50.4 cm³/mol. The topological polar surface area (TPSA) is 72.5 Å². The smallest absolute Gasteiger partial charge is 0.336 e. The Balaban J connectivity index is 2.65. The van der Waals surface area contributed by atoms with Crippen LogP contribution in [0.1, 0.15) is 28.4 Å². The Bertz CT molecular complexity index is 419. The van der Waals surface area contributed by atoms with E-state index in [2.05, 4.69) is 0 Å². The third-order valence-corrected chi connectivity index (χ3v) is 2.42. The molecule has 1 aromatic carbocycles. The molecule has 5 heteroatoms. The molecule has 1 atom stereocenters. The minimum absolute atomic E-state index is 0.0126. The third-order valence-electron chi connectivity index (χ3n) is 2.42. The summed E-state index contributed by atoms with van der Waals surface area (Å²) in [6.45, 7) is 0.314. The Labute approximate surface area is 85.5 Å². The molecule has 0 aromatic heterocycles. The second-order valence-corrected chi connectivity index (χ2v) is 3.39. The number of fused-ring (bicyclic) bond motifs is 1. The number of nitrogens with two attached hydrogens (primary N) is 1. The lowest BCUT2D eigenvalue weighted by Crippen LogP contribution is -2.24. The van der Waals surface area contributed by atoms with E-state index >= 15 is 0 Å². The fourth-order valence-electron chi connectivity index (χ4n) is 1.71. The first kappa shape index (κ1) is 9.92. The highest BCUT2D eigenvalue weighted by Gasteiger charge is 2.27. The molecule has 0 fully saturated rings. The Hall–Kier alpha value is -1.62. The molecule has 1 aliphatic heterocycles. The number of aromatic carboxylic acids is 1. The van der Waals surface area contributed by atoms with Crippen LogP contribution in [0.25, 0.3) is 0 Å². The van der Waals surface area contributed by atoms with Gasteiger partial charge in [0.1, 0.15) is 0 Å². The van der Waals surface area contributed by atoms with Gasteiger partial charge in [0.25, 0.3) is 0 Å². The average Bonchev–Trinajstić information content (AvgIpc) is 2.19. The molecule has 0 radical (unpaired) electrons. The van der Waals surface area contributed by atoms with Crippen LogP contribution in [-0.2, 0) is 0 Å². The van der Waals surface area contributed by atoms with Crippen molar-refractivity contribution in [1.82, 2.24) is 0 Å². The standard InChI is InChI=1S/C10H10FNO3/c11-6-2-1-5(10(13)14)8-7(12)3-4-15-9(6)8/h1-2,7H,3-4,12H2,(H,13,14)/t7-/m0/s1. The molecule has 0 saturated heterocycles. The van der Waals surface area contributed by atoms with E-state index in [0.717, 1.165) is 6.07 Å². The largest absolute Gasteiger partial charge is 0.490 e. The maximum atomic E-state index is 13.3. The number of halogens is 1. The van der Waals surface area contributed by atoms with Crippen molar-refractivity contribution < 1.29 is 19.0 Å². The van der Waals surface area contributed by atoms with E-state index in [9.17, 15) is 9.18 Å². The molecular formula is C10H10FNO3. The van der Waals surface area contributed by atoms with E-state index in [1.807, 2.05) is 0 Å². The highest BCUT2D eigenvalue weighted by Crippen LogP contribution is 2.35. The minimum Gasteiger partial charge on any atom is -0.490 e. The van der Waals surface area contributed by atoms with Crippen molar-refractivity contribution in [2.75, 3.05) is 6.61 Å². The zero-order valence-electron chi connectivity index (χ0n) is 7.87. The van der Waals surface area contributed by atoms with Gasteiger partial charge < -0.3 is 15.6 Å². The Morgan fingerprint density at radius 2 is 2.33 bits per heavy atom. The fourth-order valence-corrected chi connectivity index (χ4v) is 1.71. The summed E-state index contributed by atoms with van der Waals surface area (Å²) in [5.41, 5.74) is 6.01. The van der Waals surface area contributed by atoms with E-state index in [1.54, 1.807) is 0 Å². The molecule has 2 rings (SSSR count). The summed E-state index contributed by atoms with van der Waals surface area (Å²) >= 11 is 0. The second-order valence-electron chi connectivity index (χ2n) is 3.39. The van der Waals surface area contributed by atoms with Crippen molar-refractivity contribution in [1.29, 1.82) is 0 Å². The summed E-state index contributed by atoms with van der Waals surface area (Å²) in [4.78, 5) is 10.9. The molecule has 1 aromatic rings. The van der Waals surface area contributed by atoms with E-state index in [0.29, 0.717) is 13.0 Å². The first-order valence-corrected chi connectivity index (χ1v) is 4.55. The van der Waals surface area contributed by atoms with E-state index in [1.165, 1.54) is 6.07 Å². The fraction of sp³-hybridized carbons (Fsp3) is 0.300. The number of carboxylic acid groups (broad SMARTS) is 1. The first-order valence-electron chi connectivity index (χ1n) is 4.55. The van der Waals surface area contributed by atoms with Crippen molar-refractivity contribution in [3.63, 3.8) is 0 Å². The number of carboxylic acids is 1. The van der Waals surface area contributed by atoms with Crippen LogP contribution in [0.4, 0.5) is 4.39 Å². The van der Waals surface area contributed by atoms with Gasteiger partial charge in [-0.1, -0.05) is 0 Å². The van der Waals surface area contributed by atoms with Crippen LogP contribution in [0.5, 0.6) is 5.75 Å². The van der Waals surface area contributed by atoms with Crippen molar-refractivity contribution in [2.24, 2.45) is 5.73 Å². The summed E-state index contributed by atoms with van der Waals surface area (Å²) in [5.74, 6) is -1.70. The summed E-state index contributed by atoms with van der Waals surface area (Å²) in [6.07, 6.45) is 0.497. The highest BCUT2D eigenvalue weighted by atomic mass is 19.1. The number of carbonyl (C=O) groups is 1. The molecule has 0 unspecified atom stereocenters. The van der Waals surface area contributed by atoms with E-state index < -0.39 is 17.8 Å². The summed E-state index contributed by atoms with van der Waals surface area (Å²) in [7, 11) is 0. The molecule has 80 valence electrons. The van der Waals surface area contributed by atoms with Crippen molar-refractivity contribution in [3.8, 4) is 5.75 Å².